The van der Waals surface area contributed by atoms with Gasteiger partial charge in [0.2, 0.25) is 0 Å². The van der Waals surface area contributed by atoms with Gasteiger partial charge in [-0.25, -0.2) is 9.97 Å². The van der Waals surface area contributed by atoms with Crippen LogP contribution in [0, 0.1) is 6.20 Å². The van der Waals surface area contributed by atoms with Crippen LogP contribution in [-0.2, 0) is 23.0 Å². The van der Waals surface area contributed by atoms with E-state index in [1.807, 2.05) is 0 Å². The van der Waals surface area contributed by atoms with E-state index in [9.17, 15) is 4.79 Å². The number of hydrogen-bond acceptors (Lipinski definition) is 10. The minimum Gasteiger partial charge on any atom is -0.813 e. The zero-order chi connectivity index (χ0) is 17.2. The molecule has 0 saturated heterocycles. The zero-order valence-electron chi connectivity index (χ0n) is 13.4. The number of nitrogens with zero attached hydrogens (tertiary/aromatic N) is 4. The summed E-state index contributed by atoms with van der Waals surface area (Å²) in [6, 6.07) is 0. The molecule has 0 unspecified atom stereocenters. The van der Waals surface area contributed by atoms with Gasteiger partial charge >= 0.3 is 35.5 Å². The van der Waals surface area contributed by atoms with Crippen LogP contribution in [0.2, 0.25) is 10.3 Å². The van der Waals surface area contributed by atoms with Gasteiger partial charge in [-0.3, -0.25) is 9.78 Å². The molecule has 0 aliphatic carbocycles. The molecule has 2 heterocycles. The van der Waals surface area contributed by atoms with Crippen molar-refractivity contribution in [2.45, 2.75) is 11.4 Å². The normalized spacial score (nSPS) is 8.92. The molecule has 0 amide bonds. The van der Waals surface area contributed by atoms with Crippen molar-refractivity contribution in [1.82, 2.24) is 19.9 Å². The van der Waals surface area contributed by atoms with E-state index in [4.69, 9.17) is 34.7 Å². The largest absolute Gasteiger partial charge is 1.00 e. The molecule has 0 bridgehead atoms. The number of esters is 1. The first-order valence-electron chi connectivity index (χ1n) is 6.05. The van der Waals surface area contributed by atoms with Crippen molar-refractivity contribution in [2.75, 3.05) is 24.3 Å². The second-order valence-electron chi connectivity index (χ2n) is 3.75. The predicted octanol–water partition coefficient (Wildman–Crippen LogP) is -1.39. The standard InChI is InChI=1S/C8H10ClN3O2S.C4H3ClN3.Na.H2S/c1-14-6(13)2-3-15-8-7(10)12-5(9)4-11-8;5-3-1-7-2-4(6)8-3;;/h4H,2-3H2,1H3,(H2,10,12);1H,(H2,6,8);;1H2/q;-1;+1;/p-1. The number of aromatic nitrogens is 4. The average molecular weight is 432 g/mol. The van der Waals surface area contributed by atoms with Gasteiger partial charge in [-0.05, 0) is 0 Å². The van der Waals surface area contributed by atoms with Crippen LogP contribution in [0.1, 0.15) is 6.42 Å². The number of thiol groups is 1. The number of thioether (sulfide) groups is 1. The fraction of sp³-hybridized carbons (Fsp3) is 0.250. The molecule has 2 aromatic heterocycles. The van der Waals surface area contributed by atoms with E-state index in [0.717, 1.165) is 0 Å². The van der Waals surface area contributed by atoms with Gasteiger partial charge in [-0.2, -0.15) is 0 Å². The van der Waals surface area contributed by atoms with Gasteiger partial charge in [0.15, 0.2) is 5.82 Å². The predicted molar refractivity (Wildman–Crippen MR) is 97.9 cm³/mol. The number of carbonyl (C=O) groups is 1. The van der Waals surface area contributed by atoms with Gasteiger partial charge in [0.1, 0.15) is 10.2 Å². The molecule has 0 spiro atoms. The van der Waals surface area contributed by atoms with Crippen molar-refractivity contribution in [3.8, 4) is 0 Å². The van der Waals surface area contributed by atoms with Crippen molar-refractivity contribution in [2.24, 2.45) is 0 Å². The van der Waals surface area contributed by atoms with Crippen molar-refractivity contribution in [1.29, 1.82) is 0 Å². The quantitative estimate of drug-likeness (QED) is 0.149. The summed E-state index contributed by atoms with van der Waals surface area (Å²) in [5.74, 6) is 0.783. The molecular formula is C12H14Cl2N6NaO2S2-. The molecule has 0 aromatic carbocycles. The van der Waals surface area contributed by atoms with E-state index in [2.05, 4.69) is 30.9 Å². The van der Waals surface area contributed by atoms with E-state index in [0.29, 0.717) is 22.4 Å². The summed E-state index contributed by atoms with van der Waals surface area (Å²) in [5, 5.41) is 1.12. The van der Waals surface area contributed by atoms with Crippen LogP contribution in [0.15, 0.2) is 17.4 Å². The van der Waals surface area contributed by atoms with Gasteiger partial charge in [-0.1, -0.05) is 29.4 Å². The minimum absolute atomic E-state index is 0. The molecule has 13 heteroatoms. The molecule has 8 nitrogen and oxygen atoms in total. The van der Waals surface area contributed by atoms with Crippen molar-refractivity contribution in [3.63, 3.8) is 0 Å². The molecule has 0 fully saturated rings. The van der Waals surface area contributed by atoms with Crippen LogP contribution in [0.4, 0.5) is 11.6 Å². The fourth-order valence-corrected chi connectivity index (χ4v) is 2.20. The Labute approximate surface area is 188 Å². The third-order valence-electron chi connectivity index (χ3n) is 2.08. The Kier molecular flexibility index (Phi) is 15.7. The molecule has 2 aromatic rings. The molecular weight excluding hydrogens is 418 g/mol. The summed E-state index contributed by atoms with van der Waals surface area (Å²) in [5.41, 5.74) is 10.7. The summed E-state index contributed by atoms with van der Waals surface area (Å²) < 4.78 is 4.50. The second kappa shape index (κ2) is 14.7. The van der Waals surface area contributed by atoms with Crippen molar-refractivity contribution in [3.05, 3.63) is 28.9 Å². The number of nitrogens with two attached hydrogens (primary N) is 2. The van der Waals surface area contributed by atoms with E-state index >= 15 is 0 Å². The fourth-order valence-electron chi connectivity index (χ4n) is 1.13. The summed E-state index contributed by atoms with van der Waals surface area (Å²) in [4.78, 5) is 25.8. The first kappa shape index (κ1) is 26.7. The maximum atomic E-state index is 10.8. The van der Waals surface area contributed by atoms with Crippen LogP contribution in [0.25, 0.3) is 0 Å². The molecule has 4 N–H and O–H groups in total. The van der Waals surface area contributed by atoms with Crippen molar-refractivity contribution < 1.29 is 39.1 Å². The molecule has 0 saturated carbocycles. The first-order valence-corrected chi connectivity index (χ1v) is 7.80. The van der Waals surface area contributed by atoms with Crippen LogP contribution >= 0.6 is 35.0 Å². The molecule has 0 radical (unpaired) electrons. The SMILES string of the molecule is COC(=O)CCSc1ncc(Cl)nc1N.Nc1[c-]ncc(Cl)n1.[Na+].[SH-]. The minimum atomic E-state index is -0.261. The molecule has 25 heavy (non-hydrogen) atoms. The molecule has 132 valence electrons. The zero-order valence-corrected chi connectivity index (χ0v) is 18.7. The molecule has 0 aliphatic rings. The Balaban J connectivity index is 0. The number of hydrogen-bond donors (Lipinski definition) is 2. The van der Waals surface area contributed by atoms with Gasteiger partial charge in [0, 0.05) is 11.6 Å². The number of methoxy groups -OCH3 is 1. The number of ether oxygens (including phenoxy) is 1. The number of carbonyl (C=O) groups excluding carboxylic acids is 1. The Morgan fingerprint density at radius 3 is 2.40 bits per heavy atom. The maximum absolute atomic E-state index is 10.8. The Morgan fingerprint density at radius 1 is 1.28 bits per heavy atom. The molecule has 0 atom stereocenters. The van der Waals surface area contributed by atoms with Crippen LogP contribution in [0.3, 0.4) is 0 Å². The topological polar surface area (TPSA) is 130 Å². The summed E-state index contributed by atoms with van der Waals surface area (Å²) in [6.07, 6.45) is 5.50. The summed E-state index contributed by atoms with van der Waals surface area (Å²) in [6.45, 7) is 0. The average Bonchev–Trinajstić information content (AvgIpc) is 2.49. The first-order chi connectivity index (χ1) is 10.9. The third kappa shape index (κ3) is 11.7. The Bertz CT molecular complexity index is 654. The number of rotatable bonds is 4. The molecule has 0 aliphatic heterocycles. The Morgan fingerprint density at radius 2 is 1.92 bits per heavy atom. The Hall–Kier alpha value is -0.490. The third-order valence-corrected chi connectivity index (χ3v) is 3.45. The van der Waals surface area contributed by atoms with Gasteiger partial charge in [0.25, 0.3) is 0 Å². The second-order valence-corrected chi connectivity index (χ2v) is 5.61. The van der Waals surface area contributed by atoms with E-state index in [1.165, 1.54) is 31.3 Å². The van der Waals surface area contributed by atoms with Crippen LogP contribution in [0.5, 0.6) is 0 Å². The van der Waals surface area contributed by atoms with Gasteiger partial charge in [-0.15, -0.1) is 18.0 Å². The van der Waals surface area contributed by atoms with E-state index in [-0.39, 0.29) is 65.8 Å². The number of halogens is 2. The summed E-state index contributed by atoms with van der Waals surface area (Å²) in [7, 11) is 1.35. The van der Waals surface area contributed by atoms with Gasteiger partial charge in [0.05, 0.1) is 24.9 Å². The van der Waals surface area contributed by atoms with E-state index in [1.54, 1.807) is 0 Å². The number of anilines is 2. The smallest absolute Gasteiger partial charge is 0.813 e. The van der Waals surface area contributed by atoms with Crippen molar-refractivity contribution >= 4 is 66.1 Å². The van der Waals surface area contributed by atoms with Gasteiger partial charge < -0.3 is 34.7 Å². The van der Waals surface area contributed by atoms with Crippen LogP contribution < -0.4 is 41.0 Å². The monoisotopic (exact) mass is 431 g/mol. The van der Waals surface area contributed by atoms with E-state index < -0.39 is 0 Å². The molecule has 2 rings (SSSR count). The maximum Gasteiger partial charge on any atom is 1.00 e. The van der Waals surface area contributed by atoms with Crippen LogP contribution in [-0.4, -0.2) is 38.8 Å². The summed E-state index contributed by atoms with van der Waals surface area (Å²) >= 11 is 12.3. The number of nitrogen functional groups attached to an aromatic ring is 2.